The van der Waals surface area contributed by atoms with Gasteiger partial charge < -0.3 is 10.1 Å². The van der Waals surface area contributed by atoms with Gasteiger partial charge in [-0.2, -0.15) is 0 Å². The fourth-order valence-electron chi connectivity index (χ4n) is 2.91. The first-order chi connectivity index (χ1) is 10.6. The van der Waals surface area contributed by atoms with Crippen LogP contribution in [0.25, 0.3) is 0 Å². The molecule has 1 aromatic rings. The minimum absolute atomic E-state index is 0.282. The second-order valence-electron chi connectivity index (χ2n) is 6.60. The lowest BCUT2D eigenvalue weighted by Crippen LogP contribution is -2.32. The van der Waals surface area contributed by atoms with Crippen molar-refractivity contribution in [1.82, 2.24) is 16.2 Å². The zero-order valence-electron chi connectivity index (χ0n) is 14.4. The fraction of sp³-hybridized carbons (Fsp3) is 0.667. The maximum absolute atomic E-state index is 6.06. The third-order valence-electron chi connectivity index (χ3n) is 4.37. The van der Waals surface area contributed by atoms with E-state index in [9.17, 15) is 0 Å². The summed E-state index contributed by atoms with van der Waals surface area (Å²) in [4.78, 5) is 0. The molecule has 124 valence electrons. The lowest BCUT2D eigenvalue weighted by atomic mass is 9.89. The Labute approximate surface area is 135 Å². The van der Waals surface area contributed by atoms with Crippen LogP contribution in [0.3, 0.4) is 0 Å². The molecule has 1 heterocycles. The molecule has 3 unspecified atom stereocenters. The zero-order chi connectivity index (χ0) is 15.9. The summed E-state index contributed by atoms with van der Waals surface area (Å²) in [5.41, 5.74) is 8.09. The molecule has 2 rings (SSSR count). The molecule has 0 aliphatic carbocycles. The van der Waals surface area contributed by atoms with Gasteiger partial charge in [-0.05, 0) is 31.9 Å². The van der Waals surface area contributed by atoms with Gasteiger partial charge in [0.15, 0.2) is 0 Å². The Morgan fingerprint density at radius 1 is 1.23 bits per heavy atom. The molecule has 1 fully saturated rings. The van der Waals surface area contributed by atoms with Crippen LogP contribution < -0.4 is 20.9 Å². The summed E-state index contributed by atoms with van der Waals surface area (Å²) in [6, 6.07) is 9.14. The highest BCUT2D eigenvalue weighted by Crippen LogP contribution is 2.34. The van der Waals surface area contributed by atoms with Gasteiger partial charge in [0.05, 0.1) is 12.6 Å². The molecule has 0 bridgehead atoms. The average molecular weight is 305 g/mol. The second kappa shape index (κ2) is 8.51. The molecule has 0 aromatic heterocycles. The van der Waals surface area contributed by atoms with Gasteiger partial charge in [0.1, 0.15) is 5.75 Å². The average Bonchev–Trinajstić information content (AvgIpc) is 2.86. The molecular formula is C18H31N3O. The van der Waals surface area contributed by atoms with E-state index >= 15 is 0 Å². The van der Waals surface area contributed by atoms with Crippen LogP contribution in [0, 0.1) is 11.8 Å². The topological polar surface area (TPSA) is 45.3 Å². The number of ether oxygens (including phenoxy) is 1. The normalized spacial score (nSPS) is 24.9. The van der Waals surface area contributed by atoms with E-state index in [1.807, 2.05) is 0 Å². The number of benzene rings is 1. The molecule has 3 N–H and O–H groups in total. The standard InChI is InChI=1S/C18H31N3O/c1-5-19-12-16-14(4)20-21-18(16)15-8-6-7-9-17(15)22-11-10-13(2)3/h6-9,13-14,16,18-21H,5,10-12H2,1-4H3. The highest BCUT2D eigenvalue weighted by atomic mass is 16.5. The first-order valence-corrected chi connectivity index (χ1v) is 8.57. The van der Waals surface area contributed by atoms with Gasteiger partial charge in [-0.1, -0.05) is 39.0 Å². The molecule has 4 nitrogen and oxygen atoms in total. The summed E-state index contributed by atoms with van der Waals surface area (Å²) in [7, 11) is 0. The van der Waals surface area contributed by atoms with E-state index in [0.717, 1.165) is 31.9 Å². The largest absolute Gasteiger partial charge is 0.493 e. The first-order valence-electron chi connectivity index (χ1n) is 8.57. The minimum atomic E-state index is 0.282. The Balaban J connectivity index is 2.09. The van der Waals surface area contributed by atoms with Gasteiger partial charge in [0, 0.05) is 24.1 Å². The monoisotopic (exact) mass is 305 g/mol. The van der Waals surface area contributed by atoms with Crippen LogP contribution in [0.5, 0.6) is 5.75 Å². The summed E-state index contributed by atoms with van der Waals surface area (Å²) < 4.78 is 6.06. The van der Waals surface area contributed by atoms with Crippen LogP contribution in [0.1, 0.15) is 45.7 Å². The molecule has 1 aliphatic rings. The minimum Gasteiger partial charge on any atom is -0.493 e. The smallest absolute Gasteiger partial charge is 0.124 e. The lowest BCUT2D eigenvalue weighted by Gasteiger charge is -2.23. The molecule has 1 saturated heterocycles. The maximum Gasteiger partial charge on any atom is 0.124 e. The number of hydrazine groups is 1. The maximum atomic E-state index is 6.06. The highest BCUT2D eigenvalue weighted by molar-refractivity contribution is 5.37. The number of rotatable bonds is 8. The lowest BCUT2D eigenvalue weighted by molar-refractivity contribution is 0.281. The number of hydrogen-bond donors (Lipinski definition) is 3. The summed E-state index contributed by atoms with van der Waals surface area (Å²) >= 11 is 0. The molecule has 4 heteroatoms. The number of nitrogens with one attached hydrogen (secondary N) is 3. The van der Waals surface area contributed by atoms with E-state index in [-0.39, 0.29) is 6.04 Å². The van der Waals surface area contributed by atoms with Crippen LogP contribution in [0.2, 0.25) is 0 Å². The molecule has 1 aromatic carbocycles. The molecule has 1 aliphatic heterocycles. The van der Waals surface area contributed by atoms with Gasteiger partial charge in [-0.25, -0.2) is 5.43 Å². The van der Waals surface area contributed by atoms with E-state index in [1.165, 1.54) is 5.56 Å². The van der Waals surface area contributed by atoms with E-state index in [0.29, 0.717) is 17.9 Å². The molecule has 0 amide bonds. The van der Waals surface area contributed by atoms with Crippen molar-refractivity contribution in [3.63, 3.8) is 0 Å². The molecule has 0 radical (unpaired) electrons. The fourth-order valence-corrected chi connectivity index (χ4v) is 2.91. The Hall–Kier alpha value is -1.10. The van der Waals surface area contributed by atoms with Crippen LogP contribution >= 0.6 is 0 Å². The van der Waals surface area contributed by atoms with Crippen molar-refractivity contribution in [2.24, 2.45) is 11.8 Å². The van der Waals surface area contributed by atoms with E-state index in [4.69, 9.17) is 4.74 Å². The van der Waals surface area contributed by atoms with Gasteiger partial charge in [-0.15, -0.1) is 0 Å². The Morgan fingerprint density at radius 2 is 2.00 bits per heavy atom. The Morgan fingerprint density at radius 3 is 2.73 bits per heavy atom. The van der Waals surface area contributed by atoms with Crippen molar-refractivity contribution in [2.75, 3.05) is 19.7 Å². The number of para-hydroxylation sites is 1. The SMILES string of the molecule is CCNCC1C(C)NNC1c1ccccc1OCCC(C)C. The molecular weight excluding hydrogens is 274 g/mol. The predicted molar refractivity (Wildman–Crippen MR) is 91.9 cm³/mol. The van der Waals surface area contributed by atoms with Crippen LogP contribution in [0.15, 0.2) is 24.3 Å². The summed E-state index contributed by atoms with van der Waals surface area (Å²) in [5.74, 6) is 2.19. The molecule has 0 saturated carbocycles. The summed E-state index contributed by atoms with van der Waals surface area (Å²) in [6.45, 7) is 11.6. The van der Waals surface area contributed by atoms with Crippen molar-refractivity contribution in [1.29, 1.82) is 0 Å². The van der Waals surface area contributed by atoms with Crippen LogP contribution in [0.4, 0.5) is 0 Å². The summed E-state index contributed by atoms with van der Waals surface area (Å²) in [6.07, 6.45) is 1.09. The zero-order valence-corrected chi connectivity index (χ0v) is 14.4. The van der Waals surface area contributed by atoms with E-state index in [1.54, 1.807) is 0 Å². The van der Waals surface area contributed by atoms with E-state index < -0.39 is 0 Å². The van der Waals surface area contributed by atoms with Crippen molar-refractivity contribution < 1.29 is 4.74 Å². The Bertz CT molecular complexity index is 450. The quantitative estimate of drug-likeness (QED) is 0.691. The molecule has 3 atom stereocenters. The van der Waals surface area contributed by atoms with Gasteiger partial charge in [0.2, 0.25) is 0 Å². The highest BCUT2D eigenvalue weighted by Gasteiger charge is 2.35. The van der Waals surface area contributed by atoms with Crippen LogP contribution in [-0.4, -0.2) is 25.7 Å². The third kappa shape index (κ3) is 4.45. The first kappa shape index (κ1) is 17.3. The van der Waals surface area contributed by atoms with Gasteiger partial charge in [-0.3, -0.25) is 5.43 Å². The number of hydrogen-bond acceptors (Lipinski definition) is 4. The molecule has 0 spiro atoms. The van der Waals surface area contributed by atoms with Crippen molar-refractivity contribution in [2.45, 2.75) is 46.2 Å². The van der Waals surface area contributed by atoms with Crippen molar-refractivity contribution in [3.8, 4) is 5.75 Å². The summed E-state index contributed by atoms with van der Waals surface area (Å²) in [5, 5.41) is 3.48. The Kier molecular flexibility index (Phi) is 6.68. The second-order valence-corrected chi connectivity index (χ2v) is 6.60. The van der Waals surface area contributed by atoms with Crippen LogP contribution in [-0.2, 0) is 0 Å². The van der Waals surface area contributed by atoms with Gasteiger partial charge in [0.25, 0.3) is 0 Å². The third-order valence-corrected chi connectivity index (χ3v) is 4.37. The van der Waals surface area contributed by atoms with Gasteiger partial charge >= 0.3 is 0 Å². The predicted octanol–water partition coefficient (Wildman–Crippen LogP) is 2.87. The van der Waals surface area contributed by atoms with Crippen molar-refractivity contribution >= 4 is 0 Å². The molecule has 22 heavy (non-hydrogen) atoms. The van der Waals surface area contributed by atoms with E-state index in [2.05, 4.69) is 68.1 Å². The van der Waals surface area contributed by atoms with Crippen molar-refractivity contribution in [3.05, 3.63) is 29.8 Å².